The summed E-state index contributed by atoms with van der Waals surface area (Å²) in [5, 5.41) is 0. The molecule has 0 amide bonds. The van der Waals surface area contributed by atoms with E-state index in [1.54, 1.807) is 0 Å². The van der Waals surface area contributed by atoms with Gasteiger partial charge in [0.25, 0.3) is 0 Å². The minimum Gasteiger partial charge on any atom is -0.759 e. The Morgan fingerprint density at radius 3 is 1.50 bits per heavy atom. The molecule has 0 atom stereocenters. The van der Waals surface area contributed by atoms with Gasteiger partial charge in [0.1, 0.15) is 0 Å². The van der Waals surface area contributed by atoms with Crippen molar-refractivity contribution in [3.8, 4) is 0 Å². The van der Waals surface area contributed by atoms with Gasteiger partial charge in [0.05, 0.1) is 12.9 Å². The zero-order chi connectivity index (χ0) is 15.7. The maximum Gasteiger partial charge on any atom is 1.00 e. The van der Waals surface area contributed by atoms with Gasteiger partial charge in [-0.25, -0.2) is 0 Å². The molecule has 0 spiro atoms. The maximum absolute atomic E-state index is 8.52. The van der Waals surface area contributed by atoms with Crippen LogP contribution in [0, 0.1) is 0 Å². The summed E-state index contributed by atoms with van der Waals surface area (Å²) < 4.78 is 39.2. The van der Waals surface area contributed by atoms with Crippen LogP contribution in [-0.2, 0) is 15.1 Å². The van der Waals surface area contributed by atoms with Gasteiger partial charge < -0.3 is 13.8 Å². The topological polar surface area (TPSA) is 89.5 Å². The molecular weight excluding hydrogens is 326 g/mol. The molecule has 0 bridgehead atoms. The Hall–Kier alpha value is 1.41. The van der Waals surface area contributed by atoms with E-state index < -0.39 is 10.4 Å². The van der Waals surface area contributed by atoms with E-state index in [0.29, 0.717) is 0 Å². The second-order valence-corrected chi connectivity index (χ2v) is 5.44. The van der Waals surface area contributed by atoms with Crippen LogP contribution in [0.3, 0.4) is 0 Å². The smallest absolute Gasteiger partial charge is 0.759 e. The summed E-state index contributed by atoms with van der Waals surface area (Å²) in [6.45, 7) is 6.64. The summed E-state index contributed by atoms with van der Waals surface area (Å²) >= 11 is 0. The third-order valence-corrected chi connectivity index (χ3v) is 2.73. The largest absolute Gasteiger partial charge is 1.00 e. The summed E-state index contributed by atoms with van der Waals surface area (Å²) in [5.41, 5.74) is 0. The van der Waals surface area contributed by atoms with Gasteiger partial charge >= 0.3 is 59.1 Å². The molecule has 22 heavy (non-hydrogen) atoms. The van der Waals surface area contributed by atoms with E-state index in [1.807, 2.05) is 0 Å². The van der Waals surface area contributed by atoms with Gasteiger partial charge in [-0.1, -0.05) is 71.3 Å². The Bertz CT molecular complexity index is 290. The van der Waals surface area contributed by atoms with Crippen molar-refractivity contribution in [2.45, 2.75) is 71.1 Å². The summed E-state index contributed by atoms with van der Waals surface area (Å²) in [7, 11) is -5.17. The molecule has 0 unspecified atom stereocenters. The Labute approximate surface area is 180 Å². The minimum absolute atomic E-state index is 0. The van der Waals surface area contributed by atoms with E-state index in [9.17, 15) is 0 Å². The van der Waals surface area contributed by atoms with Gasteiger partial charge in [0, 0.05) is 10.4 Å². The molecule has 0 saturated carbocycles. The SMILES string of the molecule is C=COCCCCCCCCCCCC.O=S(=O)([O-])[O-].[Na+].[Na+]. The first-order valence-corrected chi connectivity index (χ1v) is 8.64. The fourth-order valence-electron chi connectivity index (χ4n) is 1.76. The van der Waals surface area contributed by atoms with Crippen molar-refractivity contribution in [3.63, 3.8) is 0 Å². The fraction of sp³-hybridized carbons (Fsp3) is 0.857. The molecule has 0 radical (unpaired) electrons. The molecule has 0 rings (SSSR count). The summed E-state index contributed by atoms with van der Waals surface area (Å²) in [6.07, 6.45) is 15.3. The molecule has 0 aliphatic heterocycles. The molecule has 0 N–H and O–H groups in total. The predicted molar refractivity (Wildman–Crippen MR) is 78.5 cm³/mol. The van der Waals surface area contributed by atoms with Crippen molar-refractivity contribution >= 4 is 10.4 Å². The van der Waals surface area contributed by atoms with Crippen molar-refractivity contribution in [2.75, 3.05) is 6.61 Å². The first kappa shape index (κ1) is 31.2. The first-order chi connectivity index (χ1) is 9.41. The molecule has 0 aliphatic rings. The Balaban J connectivity index is -0.000000201. The molecule has 0 saturated heterocycles. The van der Waals surface area contributed by atoms with Gasteiger partial charge in [-0.05, 0) is 6.42 Å². The first-order valence-electron chi connectivity index (χ1n) is 7.31. The van der Waals surface area contributed by atoms with Crippen LogP contribution >= 0.6 is 0 Å². The van der Waals surface area contributed by atoms with E-state index in [0.717, 1.165) is 6.61 Å². The quantitative estimate of drug-likeness (QED) is 0.130. The minimum atomic E-state index is -5.17. The van der Waals surface area contributed by atoms with Crippen LogP contribution < -0.4 is 59.1 Å². The van der Waals surface area contributed by atoms with Crippen molar-refractivity contribution in [3.05, 3.63) is 12.8 Å². The van der Waals surface area contributed by atoms with Gasteiger partial charge in [-0.3, -0.25) is 8.42 Å². The van der Waals surface area contributed by atoms with E-state index in [-0.39, 0.29) is 59.1 Å². The second kappa shape index (κ2) is 24.7. The third kappa shape index (κ3) is 49.6. The van der Waals surface area contributed by atoms with Crippen LogP contribution in [-0.4, -0.2) is 24.1 Å². The molecule has 0 aliphatic carbocycles. The van der Waals surface area contributed by atoms with Crippen LogP contribution in [0.4, 0.5) is 0 Å². The Kier molecular flexibility index (Phi) is 35.0. The van der Waals surface area contributed by atoms with Crippen LogP contribution in [0.1, 0.15) is 71.1 Å². The van der Waals surface area contributed by atoms with E-state index >= 15 is 0 Å². The Morgan fingerprint density at radius 1 is 0.864 bits per heavy atom. The van der Waals surface area contributed by atoms with Crippen molar-refractivity contribution in [1.82, 2.24) is 0 Å². The van der Waals surface area contributed by atoms with Crippen molar-refractivity contribution in [1.29, 1.82) is 0 Å². The second-order valence-electron chi connectivity index (χ2n) is 4.63. The molecule has 0 fully saturated rings. The maximum atomic E-state index is 8.52. The molecule has 5 nitrogen and oxygen atoms in total. The van der Waals surface area contributed by atoms with Crippen LogP contribution in [0.2, 0.25) is 0 Å². The zero-order valence-corrected chi connectivity index (χ0v) is 19.3. The van der Waals surface area contributed by atoms with E-state index in [2.05, 4.69) is 13.5 Å². The molecular formula is C14H28Na2O5S. The average molecular weight is 354 g/mol. The summed E-state index contributed by atoms with van der Waals surface area (Å²) in [5.74, 6) is 0. The van der Waals surface area contributed by atoms with Gasteiger partial charge in [-0.15, -0.1) is 0 Å². The van der Waals surface area contributed by atoms with Gasteiger partial charge in [0.2, 0.25) is 0 Å². The van der Waals surface area contributed by atoms with E-state index in [1.165, 1.54) is 70.5 Å². The molecule has 122 valence electrons. The zero-order valence-electron chi connectivity index (χ0n) is 14.5. The van der Waals surface area contributed by atoms with Gasteiger partial charge in [0.15, 0.2) is 0 Å². The van der Waals surface area contributed by atoms with E-state index in [4.69, 9.17) is 22.3 Å². The number of hydrogen-bond acceptors (Lipinski definition) is 5. The monoisotopic (exact) mass is 354 g/mol. The predicted octanol–water partition coefficient (Wildman–Crippen LogP) is -2.26. The molecule has 0 heterocycles. The van der Waals surface area contributed by atoms with Crippen LogP contribution in [0.25, 0.3) is 0 Å². The van der Waals surface area contributed by atoms with Gasteiger partial charge in [-0.2, -0.15) is 0 Å². The molecule has 0 aromatic carbocycles. The number of hydrogen-bond donors (Lipinski definition) is 0. The number of ether oxygens (including phenoxy) is 1. The Morgan fingerprint density at radius 2 is 1.18 bits per heavy atom. The number of rotatable bonds is 12. The summed E-state index contributed by atoms with van der Waals surface area (Å²) in [6, 6.07) is 0. The standard InChI is InChI=1S/C14H28O.2Na.H2O4S/c1-3-5-6-7-8-9-10-11-12-13-14-15-4-2;;;1-5(2,3)4/h4H,2-3,5-14H2,1H3;;;(H2,1,2,3,4)/q;2*+1;/p-2. The number of unbranched alkanes of at least 4 members (excludes halogenated alkanes) is 9. The van der Waals surface area contributed by atoms with Crippen LogP contribution in [0.15, 0.2) is 12.8 Å². The van der Waals surface area contributed by atoms with Crippen molar-refractivity contribution in [2.24, 2.45) is 0 Å². The summed E-state index contributed by atoms with van der Waals surface area (Å²) in [4.78, 5) is 0. The van der Waals surface area contributed by atoms with Crippen molar-refractivity contribution < 1.29 is 81.4 Å². The molecule has 0 aromatic rings. The van der Waals surface area contributed by atoms with Crippen LogP contribution in [0.5, 0.6) is 0 Å². The molecule has 0 aromatic heterocycles. The fourth-order valence-corrected chi connectivity index (χ4v) is 1.76. The third-order valence-electron chi connectivity index (χ3n) is 2.73. The molecule has 8 heteroatoms. The normalized spacial score (nSPS) is 9.59. The average Bonchev–Trinajstić information content (AvgIpc) is 2.34.